The molecule has 0 amide bonds. The van der Waals surface area contributed by atoms with Crippen molar-refractivity contribution in [1.82, 2.24) is 9.80 Å². The molecule has 1 saturated heterocycles. The molecule has 0 aromatic carbocycles. The van der Waals surface area contributed by atoms with E-state index in [9.17, 15) is 20.4 Å². The fourth-order valence-electron chi connectivity index (χ4n) is 3.01. The molecule has 4 atom stereocenters. The molecule has 0 aliphatic carbocycles. The highest BCUT2D eigenvalue weighted by Crippen LogP contribution is 2.32. The molecule has 4 N–H and O–H groups in total. The lowest BCUT2D eigenvalue weighted by Gasteiger charge is -2.42. The predicted molar refractivity (Wildman–Crippen MR) is 108 cm³/mol. The number of nitrogens with zero attached hydrogens (tertiary/aromatic N) is 2. The van der Waals surface area contributed by atoms with Crippen LogP contribution in [0.15, 0.2) is 47.5 Å². The highest BCUT2D eigenvalue weighted by molar-refractivity contribution is 7.80. The molecule has 0 bridgehead atoms. The van der Waals surface area contributed by atoms with Gasteiger partial charge in [0.2, 0.25) is 5.79 Å². The van der Waals surface area contributed by atoms with Gasteiger partial charge in [0.15, 0.2) is 23.9 Å². The standard InChI is InChI=1S/C19H28N2O6S/c1-5-11-19(2)26-16(24)13(17(25)27-19)10-8-6-7-9-12-14(22)20(3)18(28)21(4)15(12)23/h6-10,14-16,22-25H,5,11H2,1-4H3. The first-order chi connectivity index (χ1) is 13.1. The zero-order valence-electron chi connectivity index (χ0n) is 16.4. The minimum atomic E-state index is -1.31. The molecular weight excluding hydrogens is 384 g/mol. The van der Waals surface area contributed by atoms with Crippen LogP contribution >= 0.6 is 12.2 Å². The molecule has 0 saturated carbocycles. The summed E-state index contributed by atoms with van der Waals surface area (Å²) in [4.78, 5) is 2.95. The third-order valence-electron chi connectivity index (χ3n) is 4.61. The van der Waals surface area contributed by atoms with Crippen LogP contribution in [-0.2, 0) is 9.47 Å². The Bertz CT molecular complexity index is 699. The summed E-state index contributed by atoms with van der Waals surface area (Å²) in [5.41, 5.74) is 0.471. The van der Waals surface area contributed by atoms with Crippen molar-refractivity contribution >= 4 is 17.3 Å². The van der Waals surface area contributed by atoms with Gasteiger partial charge in [0.05, 0.1) is 5.57 Å². The van der Waals surface area contributed by atoms with Crippen molar-refractivity contribution in [1.29, 1.82) is 0 Å². The van der Waals surface area contributed by atoms with Crippen LogP contribution in [0, 0.1) is 0 Å². The Morgan fingerprint density at radius 1 is 1.11 bits per heavy atom. The molecule has 2 aliphatic rings. The maximum atomic E-state index is 10.2. The number of hydrogen-bond donors (Lipinski definition) is 4. The highest BCUT2D eigenvalue weighted by Gasteiger charge is 2.38. The van der Waals surface area contributed by atoms with Crippen LogP contribution in [-0.4, -0.2) is 74.0 Å². The van der Waals surface area contributed by atoms with Gasteiger partial charge in [0, 0.05) is 33.0 Å². The van der Waals surface area contributed by atoms with E-state index in [4.69, 9.17) is 21.7 Å². The molecule has 1 fully saturated rings. The minimum Gasteiger partial charge on any atom is -0.481 e. The third kappa shape index (κ3) is 4.73. The number of hydrogen-bond acceptors (Lipinski definition) is 7. The fraction of sp³-hybridized carbons (Fsp3) is 0.526. The number of ether oxygens (including phenoxy) is 2. The zero-order chi connectivity index (χ0) is 21.1. The van der Waals surface area contributed by atoms with Crippen molar-refractivity contribution in [3.05, 3.63) is 47.5 Å². The van der Waals surface area contributed by atoms with Gasteiger partial charge < -0.3 is 39.7 Å². The van der Waals surface area contributed by atoms with Crippen LogP contribution in [0.5, 0.6) is 0 Å². The molecular formula is C19H28N2O6S. The number of thiocarbonyl (C=S) groups is 1. The van der Waals surface area contributed by atoms with Crippen LogP contribution in [0.1, 0.15) is 26.7 Å². The number of aliphatic hydroxyl groups excluding tert-OH is 4. The second-order valence-corrected chi connectivity index (χ2v) is 7.24. The maximum Gasteiger partial charge on any atom is 0.287 e. The van der Waals surface area contributed by atoms with E-state index >= 15 is 0 Å². The molecule has 9 heteroatoms. The second kappa shape index (κ2) is 9.06. The topological polar surface area (TPSA) is 106 Å². The van der Waals surface area contributed by atoms with Gasteiger partial charge in [-0.2, -0.15) is 0 Å². The molecule has 0 aromatic rings. The first-order valence-electron chi connectivity index (χ1n) is 9.00. The molecule has 8 nitrogen and oxygen atoms in total. The minimum absolute atomic E-state index is 0.105. The Balaban J connectivity index is 2.09. The van der Waals surface area contributed by atoms with E-state index in [1.807, 2.05) is 6.92 Å². The average molecular weight is 413 g/mol. The molecule has 28 heavy (non-hydrogen) atoms. The number of likely N-dealkylation sites (N-methyl/N-ethyl adjacent to an activating group) is 2. The summed E-state index contributed by atoms with van der Waals surface area (Å²) in [6, 6.07) is 0. The van der Waals surface area contributed by atoms with Crippen LogP contribution in [0.2, 0.25) is 0 Å². The Morgan fingerprint density at radius 2 is 1.71 bits per heavy atom. The summed E-state index contributed by atoms with van der Waals surface area (Å²) < 4.78 is 10.8. The molecule has 0 spiro atoms. The van der Waals surface area contributed by atoms with Gasteiger partial charge >= 0.3 is 0 Å². The lowest BCUT2D eigenvalue weighted by Crippen LogP contribution is -2.57. The van der Waals surface area contributed by atoms with Gasteiger partial charge in [-0.25, -0.2) is 0 Å². The fourth-order valence-corrected chi connectivity index (χ4v) is 3.21. The number of aliphatic hydroxyl groups is 4. The lowest BCUT2D eigenvalue weighted by atomic mass is 10.1. The summed E-state index contributed by atoms with van der Waals surface area (Å²) in [7, 11) is 3.28. The molecule has 2 heterocycles. The van der Waals surface area contributed by atoms with E-state index in [2.05, 4.69) is 0 Å². The van der Waals surface area contributed by atoms with Crippen molar-refractivity contribution < 1.29 is 29.9 Å². The molecule has 4 unspecified atom stereocenters. The number of allylic oxidation sites excluding steroid dienone is 4. The lowest BCUT2D eigenvalue weighted by molar-refractivity contribution is -0.299. The summed E-state index contributed by atoms with van der Waals surface area (Å²) in [6.07, 6.45) is 5.76. The SMILES string of the molecule is CCCC1(C)OC(O)=C(C=CC=CC=C2C(O)N(C)C(=S)N(C)C2O)C(O)O1. The first-order valence-corrected chi connectivity index (χ1v) is 9.40. The van der Waals surface area contributed by atoms with Crippen molar-refractivity contribution in [2.24, 2.45) is 0 Å². The molecule has 156 valence electrons. The summed E-state index contributed by atoms with van der Waals surface area (Å²) >= 11 is 5.14. The molecule has 0 aromatic heterocycles. The van der Waals surface area contributed by atoms with Crippen LogP contribution < -0.4 is 0 Å². The monoisotopic (exact) mass is 412 g/mol. The van der Waals surface area contributed by atoms with Crippen molar-refractivity contribution in [3.63, 3.8) is 0 Å². The van der Waals surface area contributed by atoms with Crippen LogP contribution in [0.4, 0.5) is 0 Å². The van der Waals surface area contributed by atoms with Gasteiger partial charge in [0.1, 0.15) is 0 Å². The number of rotatable bonds is 5. The Morgan fingerprint density at radius 3 is 2.25 bits per heavy atom. The normalized spacial score (nSPS) is 31.9. The van der Waals surface area contributed by atoms with Gasteiger partial charge in [-0.1, -0.05) is 31.2 Å². The zero-order valence-corrected chi connectivity index (χ0v) is 17.3. The van der Waals surface area contributed by atoms with E-state index in [0.717, 1.165) is 6.42 Å². The van der Waals surface area contributed by atoms with Crippen LogP contribution in [0.3, 0.4) is 0 Å². The van der Waals surface area contributed by atoms with Crippen molar-refractivity contribution in [2.75, 3.05) is 14.1 Å². The van der Waals surface area contributed by atoms with E-state index in [-0.39, 0.29) is 11.5 Å². The van der Waals surface area contributed by atoms with Crippen molar-refractivity contribution in [3.8, 4) is 0 Å². The second-order valence-electron chi connectivity index (χ2n) is 6.88. The van der Waals surface area contributed by atoms with Gasteiger partial charge in [-0.05, 0) is 24.7 Å². The Labute approximate surface area is 170 Å². The maximum absolute atomic E-state index is 10.2. The van der Waals surface area contributed by atoms with E-state index < -0.39 is 24.5 Å². The van der Waals surface area contributed by atoms with Crippen molar-refractivity contribution in [2.45, 2.75) is 51.2 Å². The Hall–Kier alpha value is -1.91. The Kier molecular flexibility index (Phi) is 7.24. The van der Waals surface area contributed by atoms with E-state index in [0.29, 0.717) is 17.1 Å². The summed E-state index contributed by atoms with van der Waals surface area (Å²) in [6.45, 7) is 3.60. The van der Waals surface area contributed by atoms with Gasteiger partial charge in [-0.3, -0.25) is 0 Å². The largest absolute Gasteiger partial charge is 0.481 e. The summed E-state index contributed by atoms with van der Waals surface area (Å²) in [5.74, 6) is -1.45. The van der Waals surface area contributed by atoms with E-state index in [1.165, 1.54) is 15.9 Å². The predicted octanol–water partition coefficient (Wildman–Crippen LogP) is 1.48. The molecule has 2 rings (SSSR count). The smallest absolute Gasteiger partial charge is 0.287 e. The van der Waals surface area contributed by atoms with Crippen LogP contribution in [0.25, 0.3) is 0 Å². The van der Waals surface area contributed by atoms with E-state index in [1.54, 1.807) is 45.3 Å². The third-order valence-corrected chi connectivity index (χ3v) is 5.19. The highest BCUT2D eigenvalue weighted by atomic mass is 32.1. The van der Waals surface area contributed by atoms with Gasteiger partial charge in [-0.15, -0.1) is 0 Å². The summed E-state index contributed by atoms with van der Waals surface area (Å²) in [5, 5.41) is 41.0. The molecule has 2 aliphatic heterocycles. The van der Waals surface area contributed by atoms with Gasteiger partial charge in [0.25, 0.3) is 5.95 Å². The quantitative estimate of drug-likeness (QED) is 0.395. The average Bonchev–Trinajstić information content (AvgIpc) is 2.62. The first kappa shape index (κ1) is 22.4. The molecule has 0 radical (unpaired) electrons.